The van der Waals surface area contributed by atoms with Crippen molar-refractivity contribution in [1.82, 2.24) is 10.3 Å². The molecule has 1 fully saturated rings. The number of esters is 1. The van der Waals surface area contributed by atoms with Crippen LogP contribution >= 0.6 is 0 Å². The third-order valence-corrected chi connectivity index (χ3v) is 4.15. The molecule has 1 N–H and O–H groups in total. The van der Waals surface area contributed by atoms with Gasteiger partial charge in [0.05, 0.1) is 0 Å². The summed E-state index contributed by atoms with van der Waals surface area (Å²) in [4.78, 5) is 30.5. The van der Waals surface area contributed by atoms with Gasteiger partial charge in [-0.25, -0.2) is 14.2 Å². The molecule has 1 saturated heterocycles. The van der Waals surface area contributed by atoms with Gasteiger partial charge >= 0.3 is 5.97 Å². The number of amides is 1. The fraction of sp³-hybridized carbons (Fsp3) is 0.316. The van der Waals surface area contributed by atoms with Crippen LogP contribution in [0.4, 0.5) is 10.2 Å². The van der Waals surface area contributed by atoms with Crippen LogP contribution < -0.4 is 10.2 Å². The summed E-state index contributed by atoms with van der Waals surface area (Å²) in [6, 6.07) is 9.14. The van der Waals surface area contributed by atoms with E-state index in [1.165, 1.54) is 12.1 Å². The van der Waals surface area contributed by atoms with Gasteiger partial charge in [-0.3, -0.25) is 4.79 Å². The van der Waals surface area contributed by atoms with Gasteiger partial charge in [0, 0.05) is 25.8 Å². The zero-order valence-electron chi connectivity index (χ0n) is 14.3. The first-order valence-corrected chi connectivity index (χ1v) is 8.52. The van der Waals surface area contributed by atoms with E-state index in [2.05, 4.69) is 10.3 Å². The normalized spacial score (nSPS) is 13.5. The summed E-state index contributed by atoms with van der Waals surface area (Å²) in [5.74, 6) is -0.729. The smallest absolute Gasteiger partial charge is 0.342 e. The van der Waals surface area contributed by atoms with Gasteiger partial charge in [-0.1, -0.05) is 12.1 Å². The number of nitrogens with one attached hydrogen (secondary N) is 1. The maximum atomic E-state index is 12.8. The first-order chi connectivity index (χ1) is 12.6. The van der Waals surface area contributed by atoms with Gasteiger partial charge in [-0.15, -0.1) is 0 Å². The zero-order valence-corrected chi connectivity index (χ0v) is 14.3. The van der Waals surface area contributed by atoms with Gasteiger partial charge in [0.1, 0.15) is 17.2 Å². The van der Waals surface area contributed by atoms with Crippen LogP contribution in [-0.2, 0) is 16.1 Å². The first-order valence-electron chi connectivity index (χ1n) is 8.52. The molecule has 1 aliphatic heterocycles. The van der Waals surface area contributed by atoms with Crippen molar-refractivity contribution in [2.75, 3.05) is 24.6 Å². The second-order valence-electron chi connectivity index (χ2n) is 6.05. The molecule has 1 aromatic carbocycles. The van der Waals surface area contributed by atoms with E-state index in [0.29, 0.717) is 11.4 Å². The SMILES string of the molecule is O=C(COC(=O)c1cccnc1N1CCCC1)NCc1ccc(F)cc1. The number of anilines is 1. The highest BCUT2D eigenvalue weighted by Crippen LogP contribution is 2.22. The van der Waals surface area contributed by atoms with Crippen molar-refractivity contribution in [2.45, 2.75) is 19.4 Å². The Hall–Kier alpha value is -2.96. The minimum Gasteiger partial charge on any atom is -0.452 e. The van der Waals surface area contributed by atoms with Crippen molar-refractivity contribution in [1.29, 1.82) is 0 Å². The predicted octanol–water partition coefficient (Wildman–Crippen LogP) is 2.29. The molecule has 0 bridgehead atoms. The van der Waals surface area contributed by atoms with Crippen LogP contribution in [-0.4, -0.2) is 36.6 Å². The molecular formula is C19H20FN3O3. The average Bonchev–Trinajstić information content (AvgIpc) is 3.20. The highest BCUT2D eigenvalue weighted by Gasteiger charge is 2.21. The van der Waals surface area contributed by atoms with Crippen molar-refractivity contribution < 1.29 is 18.7 Å². The van der Waals surface area contributed by atoms with E-state index in [1.54, 1.807) is 30.5 Å². The summed E-state index contributed by atoms with van der Waals surface area (Å²) in [6.45, 7) is 1.57. The van der Waals surface area contributed by atoms with Crippen molar-refractivity contribution in [3.63, 3.8) is 0 Å². The maximum absolute atomic E-state index is 12.8. The Labute approximate surface area is 151 Å². The van der Waals surface area contributed by atoms with Crippen molar-refractivity contribution >= 4 is 17.7 Å². The molecule has 1 aromatic heterocycles. The molecule has 0 spiro atoms. The van der Waals surface area contributed by atoms with E-state index < -0.39 is 11.9 Å². The standard InChI is InChI=1S/C19H20FN3O3/c20-15-7-5-14(6-8-15)12-22-17(24)13-26-19(25)16-4-3-9-21-18(16)23-10-1-2-11-23/h3-9H,1-2,10-13H2,(H,22,24). The van der Waals surface area contributed by atoms with Crippen LogP contribution in [0.5, 0.6) is 0 Å². The van der Waals surface area contributed by atoms with Gasteiger partial charge < -0.3 is 15.0 Å². The van der Waals surface area contributed by atoms with Gasteiger partial charge in [0.25, 0.3) is 5.91 Å². The predicted molar refractivity (Wildman–Crippen MR) is 94.2 cm³/mol. The van der Waals surface area contributed by atoms with Crippen LogP contribution in [0.3, 0.4) is 0 Å². The van der Waals surface area contributed by atoms with Gasteiger partial charge in [0.15, 0.2) is 6.61 Å². The molecule has 1 amide bonds. The number of halogens is 1. The number of rotatable bonds is 6. The molecular weight excluding hydrogens is 337 g/mol. The van der Waals surface area contributed by atoms with Crippen molar-refractivity contribution in [3.8, 4) is 0 Å². The second kappa shape index (κ2) is 8.42. The Balaban J connectivity index is 1.52. The summed E-state index contributed by atoms with van der Waals surface area (Å²) in [5, 5.41) is 2.63. The molecule has 0 saturated carbocycles. The average molecular weight is 357 g/mol. The summed E-state index contributed by atoms with van der Waals surface area (Å²) in [6.07, 6.45) is 3.77. The number of aromatic nitrogens is 1. The highest BCUT2D eigenvalue weighted by atomic mass is 19.1. The van der Waals surface area contributed by atoms with E-state index in [1.807, 2.05) is 4.90 Å². The van der Waals surface area contributed by atoms with E-state index in [4.69, 9.17) is 4.74 Å². The zero-order chi connectivity index (χ0) is 18.4. The Kier molecular flexibility index (Phi) is 5.78. The Morgan fingerprint density at radius 3 is 2.62 bits per heavy atom. The fourth-order valence-electron chi connectivity index (χ4n) is 2.80. The topological polar surface area (TPSA) is 71.5 Å². The van der Waals surface area contributed by atoms with Crippen LogP contribution in [0.15, 0.2) is 42.6 Å². The quantitative estimate of drug-likeness (QED) is 0.803. The molecule has 26 heavy (non-hydrogen) atoms. The van der Waals surface area contributed by atoms with Crippen molar-refractivity contribution in [3.05, 3.63) is 59.5 Å². The Bertz CT molecular complexity index is 774. The largest absolute Gasteiger partial charge is 0.452 e. The van der Waals surface area contributed by atoms with Crippen LogP contribution in [0, 0.1) is 5.82 Å². The molecule has 7 heteroatoms. The molecule has 136 valence electrons. The summed E-state index contributed by atoms with van der Waals surface area (Å²) in [5.41, 5.74) is 1.12. The number of nitrogens with zero attached hydrogens (tertiary/aromatic N) is 2. The molecule has 2 aromatic rings. The van der Waals surface area contributed by atoms with Gasteiger partial charge in [-0.2, -0.15) is 0 Å². The summed E-state index contributed by atoms with van der Waals surface area (Å²) in [7, 11) is 0. The number of carbonyl (C=O) groups excluding carboxylic acids is 2. The molecule has 0 unspecified atom stereocenters. The lowest BCUT2D eigenvalue weighted by atomic mass is 10.2. The molecule has 0 radical (unpaired) electrons. The lowest BCUT2D eigenvalue weighted by molar-refractivity contribution is -0.124. The van der Waals surface area contributed by atoms with Gasteiger partial charge in [-0.05, 0) is 42.7 Å². The molecule has 0 aliphatic carbocycles. The lowest BCUT2D eigenvalue weighted by Gasteiger charge is -2.18. The van der Waals surface area contributed by atoms with E-state index in [0.717, 1.165) is 31.5 Å². The molecule has 3 rings (SSSR count). The third kappa shape index (κ3) is 4.56. The van der Waals surface area contributed by atoms with Crippen LogP contribution in [0.25, 0.3) is 0 Å². The van der Waals surface area contributed by atoms with Crippen LogP contribution in [0.2, 0.25) is 0 Å². The molecule has 1 aliphatic rings. The van der Waals surface area contributed by atoms with E-state index >= 15 is 0 Å². The second-order valence-corrected chi connectivity index (χ2v) is 6.05. The molecule has 2 heterocycles. The lowest BCUT2D eigenvalue weighted by Crippen LogP contribution is -2.29. The number of benzene rings is 1. The van der Waals surface area contributed by atoms with E-state index in [-0.39, 0.29) is 19.0 Å². The molecule has 0 atom stereocenters. The summed E-state index contributed by atoms with van der Waals surface area (Å²) < 4.78 is 18.0. The van der Waals surface area contributed by atoms with Crippen LogP contribution in [0.1, 0.15) is 28.8 Å². The fourth-order valence-corrected chi connectivity index (χ4v) is 2.80. The number of hydrogen-bond acceptors (Lipinski definition) is 5. The Morgan fingerprint density at radius 2 is 1.88 bits per heavy atom. The first kappa shape index (κ1) is 17.8. The maximum Gasteiger partial charge on any atom is 0.342 e. The number of ether oxygens (including phenoxy) is 1. The number of pyridine rings is 1. The summed E-state index contributed by atoms with van der Waals surface area (Å²) >= 11 is 0. The number of carbonyl (C=O) groups is 2. The minimum atomic E-state index is -0.572. The van der Waals surface area contributed by atoms with Gasteiger partial charge in [0.2, 0.25) is 0 Å². The monoisotopic (exact) mass is 357 g/mol. The highest BCUT2D eigenvalue weighted by molar-refractivity contribution is 5.96. The number of hydrogen-bond donors (Lipinski definition) is 1. The Morgan fingerprint density at radius 1 is 1.15 bits per heavy atom. The third-order valence-electron chi connectivity index (χ3n) is 4.15. The van der Waals surface area contributed by atoms with Crippen molar-refractivity contribution in [2.24, 2.45) is 0 Å². The molecule has 6 nitrogen and oxygen atoms in total. The minimum absolute atomic E-state index is 0.239. The van der Waals surface area contributed by atoms with E-state index in [9.17, 15) is 14.0 Å².